The predicted octanol–water partition coefficient (Wildman–Crippen LogP) is 1.91. The summed E-state index contributed by atoms with van der Waals surface area (Å²) in [6, 6.07) is 8.38. The maximum absolute atomic E-state index is 5.83. The number of halogens is 1. The van der Waals surface area contributed by atoms with Crippen LogP contribution < -0.4 is 10.4 Å². The van der Waals surface area contributed by atoms with Crippen molar-refractivity contribution in [1.29, 1.82) is 0 Å². The van der Waals surface area contributed by atoms with E-state index in [0.29, 0.717) is 0 Å². The van der Waals surface area contributed by atoms with Crippen molar-refractivity contribution in [2.24, 2.45) is 0 Å². The molecule has 2 heteroatoms. The summed E-state index contributed by atoms with van der Waals surface area (Å²) in [5.74, 6) is 0. The summed E-state index contributed by atoms with van der Waals surface area (Å²) in [6.07, 6.45) is 8.43. The van der Waals surface area contributed by atoms with Gasteiger partial charge in [-0.15, -0.1) is 0 Å². The molecule has 0 aromatic heterocycles. The fourth-order valence-electron chi connectivity index (χ4n) is 2.16. The first kappa shape index (κ1) is 10.1. The Morgan fingerprint density at radius 2 is 2.12 bits per heavy atom. The van der Waals surface area contributed by atoms with E-state index < -0.39 is 0 Å². The predicted molar refractivity (Wildman–Crippen MR) is 74.5 cm³/mol. The first-order valence-electron chi connectivity index (χ1n) is 5.28. The van der Waals surface area contributed by atoms with Crippen molar-refractivity contribution < 1.29 is 4.74 Å². The molecule has 1 atom stereocenters. The van der Waals surface area contributed by atoms with E-state index in [1.165, 1.54) is 21.6 Å². The minimum absolute atomic E-state index is 0.122. The molecular weight excluding hydrogens is 311 g/mol. The number of alkyl halides is 1. The summed E-state index contributed by atoms with van der Waals surface area (Å²) in [7, 11) is 0. The van der Waals surface area contributed by atoms with Crippen molar-refractivity contribution in [3.8, 4) is 0 Å². The Hall–Kier alpha value is -1.03. The highest BCUT2D eigenvalue weighted by atomic mass is 127. The summed E-state index contributed by atoms with van der Waals surface area (Å²) in [6.45, 7) is 0. The molecular formula is C14H11IO. The topological polar surface area (TPSA) is 9.23 Å². The molecule has 80 valence electrons. The van der Waals surface area contributed by atoms with E-state index in [1.807, 2.05) is 12.3 Å². The zero-order valence-corrected chi connectivity index (χ0v) is 10.8. The Labute approximate surface area is 108 Å². The van der Waals surface area contributed by atoms with Gasteiger partial charge in [0.1, 0.15) is 6.10 Å². The van der Waals surface area contributed by atoms with Crippen LogP contribution in [0.4, 0.5) is 0 Å². The standard InChI is InChI=1S/C14H11IO/c15-8-10-5-3-7-13-12-6-2-1-4-11(12)9-16-14(10)13/h1-7,9,14H,8H2. The molecule has 1 nitrogen and oxygen atoms in total. The van der Waals surface area contributed by atoms with E-state index in [2.05, 4.69) is 59.0 Å². The van der Waals surface area contributed by atoms with Crippen molar-refractivity contribution in [2.45, 2.75) is 6.10 Å². The number of fused-ring (bicyclic) bond motifs is 2. The van der Waals surface area contributed by atoms with Gasteiger partial charge in [-0.2, -0.15) is 0 Å². The van der Waals surface area contributed by atoms with Crippen LogP contribution in [0.25, 0.3) is 11.8 Å². The van der Waals surface area contributed by atoms with Crippen LogP contribution in [-0.2, 0) is 4.74 Å². The fourth-order valence-corrected chi connectivity index (χ4v) is 2.81. The van der Waals surface area contributed by atoms with E-state index in [1.54, 1.807) is 0 Å². The molecule has 0 amide bonds. The second kappa shape index (κ2) is 4.09. The van der Waals surface area contributed by atoms with Crippen molar-refractivity contribution in [1.82, 2.24) is 0 Å². The van der Waals surface area contributed by atoms with Gasteiger partial charge in [0.15, 0.2) is 0 Å². The Balaban J connectivity index is 2.28. The minimum Gasteiger partial charge on any atom is -0.488 e. The summed E-state index contributed by atoms with van der Waals surface area (Å²) < 4.78 is 6.83. The lowest BCUT2D eigenvalue weighted by Gasteiger charge is -2.25. The molecule has 1 unspecified atom stereocenters. The molecule has 1 aliphatic heterocycles. The van der Waals surface area contributed by atoms with Gasteiger partial charge in [-0.05, 0) is 10.8 Å². The number of benzene rings is 1. The lowest BCUT2D eigenvalue weighted by atomic mass is 9.94. The molecule has 2 aliphatic rings. The van der Waals surface area contributed by atoms with Crippen LogP contribution in [-0.4, -0.2) is 10.5 Å². The fraction of sp³-hybridized carbons (Fsp3) is 0.143. The largest absolute Gasteiger partial charge is 0.488 e. The van der Waals surface area contributed by atoms with Gasteiger partial charge in [0, 0.05) is 15.2 Å². The molecule has 0 spiro atoms. The molecule has 0 N–H and O–H groups in total. The molecule has 0 saturated carbocycles. The van der Waals surface area contributed by atoms with Gasteiger partial charge in [0.25, 0.3) is 0 Å². The summed E-state index contributed by atoms with van der Waals surface area (Å²) >= 11 is 2.39. The SMILES string of the molecule is ICC1=CC=CC2=c3ccccc3=COC12. The van der Waals surface area contributed by atoms with Crippen LogP contribution in [0, 0.1) is 0 Å². The summed E-state index contributed by atoms with van der Waals surface area (Å²) in [5.41, 5.74) is 2.62. The molecule has 0 saturated heterocycles. The zero-order chi connectivity index (χ0) is 11.0. The quantitative estimate of drug-likeness (QED) is 0.567. The second-order valence-electron chi connectivity index (χ2n) is 3.91. The van der Waals surface area contributed by atoms with Crippen molar-refractivity contribution in [2.75, 3.05) is 4.43 Å². The highest BCUT2D eigenvalue weighted by molar-refractivity contribution is 14.1. The lowest BCUT2D eigenvalue weighted by Crippen LogP contribution is -2.37. The minimum atomic E-state index is 0.122. The summed E-state index contributed by atoms with van der Waals surface area (Å²) in [5, 5.41) is 2.47. The molecule has 3 rings (SSSR count). The van der Waals surface area contributed by atoms with Gasteiger partial charge < -0.3 is 4.74 Å². The Kier molecular flexibility index (Phi) is 2.59. The van der Waals surface area contributed by atoms with Gasteiger partial charge in [0.2, 0.25) is 0 Å². The Bertz CT molecular complexity index is 595. The van der Waals surface area contributed by atoms with Crippen LogP contribution >= 0.6 is 22.6 Å². The summed E-state index contributed by atoms with van der Waals surface area (Å²) in [4.78, 5) is 0. The molecule has 0 radical (unpaired) electrons. The molecule has 1 aliphatic carbocycles. The van der Waals surface area contributed by atoms with Crippen LogP contribution in [0.15, 0.2) is 48.1 Å². The molecule has 16 heavy (non-hydrogen) atoms. The smallest absolute Gasteiger partial charge is 0.146 e. The van der Waals surface area contributed by atoms with Gasteiger partial charge >= 0.3 is 0 Å². The zero-order valence-electron chi connectivity index (χ0n) is 8.69. The van der Waals surface area contributed by atoms with Crippen molar-refractivity contribution in [3.63, 3.8) is 0 Å². The number of hydrogen-bond acceptors (Lipinski definition) is 1. The third-order valence-corrected chi connectivity index (χ3v) is 3.84. The van der Waals surface area contributed by atoms with E-state index in [9.17, 15) is 0 Å². The average Bonchev–Trinajstić information content (AvgIpc) is 2.37. The van der Waals surface area contributed by atoms with Crippen LogP contribution in [0.3, 0.4) is 0 Å². The molecule has 0 bridgehead atoms. The molecule has 0 fully saturated rings. The number of allylic oxidation sites excluding steroid dienone is 2. The van der Waals surface area contributed by atoms with Crippen LogP contribution in [0.1, 0.15) is 0 Å². The van der Waals surface area contributed by atoms with Crippen LogP contribution in [0.2, 0.25) is 0 Å². The third-order valence-electron chi connectivity index (χ3n) is 2.96. The lowest BCUT2D eigenvalue weighted by molar-refractivity contribution is 0.264. The van der Waals surface area contributed by atoms with E-state index in [4.69, 9.17) is 4.74 Å². The van der Waals surface area contributed by atoms with E-state index in [0.717, 1.165) is 4.43 Å². The van der Waals surface area contributed by atoms with E-state index in [-0.39, 0.29) is 6.10 Å². The van der Waals surface area contributed by atoms with Crippen molar-refractivity contribution in [3.05, 3.63) is 58.5 Å². The first-order chi connectivity index (χ1) is 7.90. The van der Waals surface area contributed by atoms with Gasteiger partial charge in [-0.25, -0.2) is 0 Å². The number of ether oxygens (including phenoxy) is 1. The first-order valence-corrected chi connectivity index (χ1v) is 6.81. The Morgan fingerprint density at radius 3 is 3.00 bits per heavy atom. The monoisotopic (exact) mass is 322 g/mol. The van der Waals surface area contributed by atoms with Gasteiger partial charge in [-0.1, -0.05) is 65.1 Å². The second-order valence-corrected chi connectivity index (χ2v) is 4.67. The Morgan fingerprint density at radius 1 is 1.25 bits per heavy atom. The van der Waals surface area contributed by atoms with Crippen LogP contribution in [0.5, 0.6) is 0 Å². The van der Waals surface area contributed by atoms with Gasteiger partial charge in [-0.3, -0.25) is 0 Å². The molecule has 1 aromatic carbocycles. The normalized spacial score (nSPS) is 21.4. The third kappa shape index (κ3) is 1.52. The maximum Gasteiger partial charge on any atom is 0.146 e. The van der Waals surface area contributed by atoms with E-state index >= 15 is 0 Å². The number of hydrogen-bond donors (Lipinski definition) is 0. The van der Waals surface area contributed by atoms with Gasteiger partial charge in [0.05, 0.1) is 6.26 Å². The highest BCUT2D eigenvalue weighted by Crippen LogP contribution is 2.24. The molecule has 1 heterocycles. The highest BCUT2D eigenvalue weighted by Gasteiger charge is 2.22. The molecule has 1 aromatic rings. The average molecular weight is 322 g/mol. The maximum atomic E-state index is 5.83. The number of rotatable bonds is 1. The van der Waals surface area contributed by atoms with Crippen molar-refractivity contribution >= 4 is 34.4 Å².